The number of nitrogens with zero attached hydrogens (tertiary/aromatic N) is 4. The van der Waals surface area contributed by atoms with Gasteiger partial charge in [-0.2, -0.15) is 0 Å². The van der Waals surface area contributed by atoms with Gasteiger partial charge in [-0.15, -0.1) is 10.2 Å². The number of hydrogen-bond donors (Lipinski definition) is 0. The Balaban J connectivity index is 1.43. The van der Waals surface area contributed by atoms with Gasteiger partial charge in [0.05, 0.1) is 24.3 Å². The lowest BCUT2D eigenvalue weighted by Gasteiger charge is -2.22. The average Bonchev–Trinajstić information content (AvgIpc) is 2.97. The molecular weight excluding hydrogens is 312 g/mol. The summed E-state index contributed by atoms with van der Waals surface area (Å²) in [5.74, 6) is 2.04. The first-order valence-corrected chi connectivity index (χ1v) is 8.30. The van der Waals surface area contributed by atoms with E-state index in [2.05, 4.69) is 15.4 Å². The molecule has 1 amide bonds. The van der Waals surface area contributed by atoms with E-state index < -0.39 is 5.41 Å². The number of carbonyl (C=O) groups is 1. The van der Waals surface area contributed by atoms with E-state index in [1.54, 1.807) is 17.9 Å². The molecule has 1 saturated carbocycles. The van der Waals surface area contributed by atoms with E-state index >= 15 is 0 Å². The van der Waals surface area contributed by atoms with Crippen LogP contribution >= 0.6 is 0 Å². The van der Waals surface area contributed by atoms with Gasteiger partial charge in [-0.05, 0) is 19.8 Å². The van der Waals surface area contributed by atoms with E-state index in [9.17, 15) is 4.79 Å². The lowest BCUT2D eigenvalue weighted by molar-refractivity contribution is 0.0698. The summed E-state index contributed by atoms with van der Waals surface area (Å²) in [5.41, 5.74) is 0.298. The Kier molecular flexibility index (Phi) is 2.88. The molecule has 1 aliphatic carbocycles. The van der Waals surface area contributed by atoms with Gasteiger partial charge in [0.25, 0.3) is 5.91 Å². The molecule has 8 nitrogen and oxygen atoms in total. The molecule has 24 heavy (non-hydrogen) atoms. The molecule has 0 aromatic carbocycles. The van der Waals surface area contributed by atoms with Gasteiger partial charge in [-0.3, -0.25) is 4.79 Å². The van der Waals surface area contributed by atoms with E-state index in [0.717, 1.165) is 18.7 Å². The first-order valence-electron chi connectivity index (χ1n) is 8.30. The monoisotopic (exact) mass is 330 g/mol. The van der Waals surface area contributed by atoms with Crippen molar-refractivity contribution >= 4 is 5.91 Å². The van der Waals surface area contributed by atoms with E-state index in [1.165, 1.54) is 0 Å². The lowest BCUT2D eigenvalue weighted by atomic mass is 9.81. The predicted molar refractivity (Wildman–Crippen MR) is 79.4 cm³/mol. The van der Waals surface area contributed by atoms with E-state index in [1.807, 2.05) is 0 Å². The van der Waals surface area contributed by atoms with Crippen molar-refractivity contribution in [2.75, 3.05) is 26.3 Å². The van der Waals surface area contributed by atoms with Crippen LogP contribution in [-0.4, -0.2) is 52.5 Å². The molecule has 0 N–H and O–H groups in total. The highest BCUT2D eigenvalue weighted by Gasteiger charge is 2.57. The van der Waals surface area contributed by atoms with Crippen molar-refractivity contribution in [3.8, 4) is 0 Å². The number of ether oxygens (including phenoxy) is 1. The molecule has 2 aromatic rings. The van der Waals surface area contributed by atoms with E-state index in [4.69, 9.17) is 13.7 Å². The SMILES string of the molecule is Cc1cc(C(=O)N2C[C@@H]3COC[C@]3(c3nnc(C4CC4)o3)C2)on1. The summed E-state index contributed by atoms with van der Waals surface area (Å²) in [6.45, 7) is 4.00. The predicted octanol–water partition coefficient (Wildman–Crippen LogP) is 1.28. The van der Waals surface area contributed by atoms with Crippen molar-refractivity contribution in [3.63, 3.8) is 0 Å². The normalized spacial score (nSPS) is 29.2. The maximum Gasteiger partial charge on any atom is 0.292 e. The quantitative estimate of drug-likeness (QED) is 0.836. The summed E-state index contributed by atoms with van der Waals surface area (Å²) in [4.78, 5) is 14.5. The minimum Gasteiger partial charge on any atom is -0.424 e. The summed E-state index contributed by atoms with van der Waals surface area (Å²) >= 11 is 0. The fraction of sp³-hybridized carbons (Fsp3) is 0.625. The zero-order valence-electron chi connectivity index (χ0n) is 13.4. The van der Waals surface area contributed by atoms with Gasteiger partial charge in [0, 0.05) is 31.0 Å². The van der Waals surface area contributed by atoms with Crippen LogP contribution in [0, 0.1) is 12.8 Å². The number of likely N-dealkylation sites (tertiary alicyclic amines) is 1. The topological polar surface area (TPSA) is 94.5 Å². The smallest absolute Gasteiger partial charge is 0.292 e. The summed E-state index contributed by atoms with van der Waals surface area (Å²) in [7, 11) is 0. The van der Waals surface area contributed by atoms with Gasteiger partial charge in [0.2, 0.25) is 17.5 Å². The lowest BCUT2D eigenvalue weighted by Crippen LogP contribution is -2.37. The first kappa shape index (κ1) is 14.2. The highest BCUT2D eigenvalue weighted by molar-refractivity contribution is 5.91. The third-order valence-electron chi connectivity index (χ3n) is 5.29. The van der Waals surface area contributed by atoms with Gasteiger partial charge in [-0.1, -0.05) is 5.16 Å². The molecule has 2 atom stereocenters. The van der Waals surface area contributed by atoms with Crippen molar-refractivity contribution in [3.05, 3.63) is 29.3 Å². The number of hydrogen-bond acceptors (Lipinski definition) is 7. The molecule has 2 aromatic heterocycles. The number of fused-ring (bicyclic) bond motifs is 1. The minimum absolute atomic E-state index is 0.147. The summed E-state index contributed by atoms with van der Waals surface area (Å²) in [6, 6.07) is 1.66. The number of carbonyl (C=O) groups excluding carboxylic acids is 1. The molecule has 0 spiro atoms. The van der Waals surface area contributed by atoms with Crippen molar-refractivity contribution in [2.45, 2.75) is 31.1 Å². The first-order chi connectivity index (χ1) is 11.7. The second-order valence-electron chi connectivity index (χ2n) is 7.11. The zero-order chi connectivity index (χ0) is 16.3. The van der Waals surface area contributed by atoms with Crippen molar-refractivity contribution in [1.82, 2.24) is 20.3 Å². The molecule has 0 bridgehead atoms. The van der Waals surface area contributed by atoms with Crippen molar-refractivity contribution < 1.29 is 18.5 Å². The molecule has 126 valence electrons. The Hall–Kier alpha value is -2.22. The average molecular weight is 330 g/mol. The molecular formula is C16H18N4O4. The van der Waals surface area contributed by atoms with Crippen LogP contribution in [0.4, 0.5) is 0 Å². The Morgan fingerprint density at radius 2 is 2.25 bits per heavy atom. The number of rotatable bonds is 3. The summed E-state index contributed by atoms with van der Waals surface area (Å²) in [6.07, 6.45) is 2.23. The third-order valence-corrected chi connectivity index (χ3v) is 5.29. The van der Waals surface area contributed by atoms with Crippen LogP contribution in [0.25, 0.3) is 0 Å². The molecule has 4 heterocycles. The van der Waals surface area contributed by atoms with Gasteiger partial charge >= 0.3 is 0 Å². The maximum absolute atomic E-state index is 12.7. The highest BCUT2D eigenvalue weighted by atomic mass is 16.5. The van der Waals surface area contributed by atoms with Crippen molar-refractivity contribution in [2.24, 2.45) is 5.92 Å². The maximum atomic E-state index is 12.7. The fourth-order valence-electron chi connectivity index (χ4n) is 3.74. The Labute approximate surface area is 138 Å². The van der Waals surface area contributed by atoms with Crippen LogP contribution in [0.15, 0.2) is 15.0 Å². The van der Waals surface area contributed by atoms with E-state index in [-0.39, 0.29) is 17.6 Å². The second-order valence-corrected chi connectivity index (χ2v) is 7.11. The van der Waals surface area contributed by atoms with Crippen LogP contribution in [0.5, 0.6) is 0 Å². The molecule has 5 rings (SSSR count). The number of aromatic nitrogens is 3. The number of amides is 1. The largest absolute Gasteiger partial charge is 0.424 e. The van der Waals surface area contributed by atoms with Crippen LogP contribution < -0.4 is 0 Å². The summed E-state index contributed by atoms with van der Waals surface area (Å²) < 4.78 is 16.8. The molecule has 2 aliphatic heterocycles. The molecule has 0 radical (unpaired) electrons. The summed E-state index contributed by atoms with van der Waals surface area (Å²) in [5, 5.41) is 12.3. The molecule has 3 fully saturated rings. The van der Waals surface area contributed by atoms with Crippen LogP contribution in [-0.2, 0) is 10.2 Å². The van der Waals surface area contributed by atoms with E-state index in [0.29, 0.717) is 43.8 Å². The molecule has 8 heteroatoms. The molecule has 3 aliphatic rings. The van der Waals surface area contributed by atoms with Crippen LogP contribution in [0.3, 0.4) is 0 Å². The Morgan fingerprint density at radius 3 is 3.00 bits per heavy atom. The van der Waals surface area contributed by atoms with Gasteiger partial charge < -0.3 is 18.6 Å². The van der Waals surface area contributed by atoms with Crippen LogP contribution in [0.2, 0.25) is 0 Å². The zero-order valence-corrected chi connectivity index (χ0v) is 13.4. The fourth-order valence-corrected chi connectivity index (χ4v) is 3.74. The molecule has 0 unspecified atom stereocenters. The molecule has 2 saturated heterocycles. The van der Waals surface area contributed by atoms with Crippen molar-refractivity contribution in [1.29, 1.82) is 0 Å². The number of aryl methyl sites for hydroxylation is 1. The standard InChI is InChI=1S/C16H18N4O4/c1-9-4-12(24-19-9)14(21)20-5-11-6-22-8-16(11,7-20)15-18-17-13(23-15)10-2-3-10/h4,10-11H,2-3,5-8H2,1H3/t11-,16-/m1/s1. The Morgan fingerprint density at radius 1 is 1.38 bits per heavy atom. The van der Waals surface area contributed by atoms with Crippen LogP contribution in [0.1, 0.15) is 46.8 Å². The highest BCUT2D eigenvalue weighted by Crippen LogP contribution is 2.46. The third kappa shape index (κ3) is 2.02. The van der Waals surface area contributed by atoms with Gasteiger partial charge in [-0.25, -0.2) is 0 Å². The minimum atomic E-state index is -0.398. The Bertz CT molecular complexity index is 796. The van der Waals surface area contributed by atoms with Gasteiger partial charge in [0.1, 0.15) is 0 Å². The second kappa shape index (κ2) is 4.89. The van der Waals surface area contributed by atoms with Gasteiger partial charge in [0.15, 0.2) is 0 Å².